The van der Waals surface area contributed by atoms with Gasteiger partial charge in [0.05, 0.1) is 0 Å². The fourth-order valence-corrected chi connectivity index (χ4v) is 1.38. The standard InChI is InChI=1S/C9H9ClN4/c1-6-7(12-5-13-8(6)10)9-11-3-4-14(9)2/h3-5H,1-2H3. The van der Waals surface area contributed by atoms with E-state index in [2.05, 4.69) is 15.0 Å². The van der Waals surface area contributed by atoms with Gasteiger partial charge >= 0.3 is 0 Å². The Labute approximate surface area is 86.6 Å². The maximum absolute atomic E-state index is 5.89. The Kier molecular flexibility index (Phi) is 2.21. The molecule has 0 aliphatic heterocycles. The first-order chi connectivity index (χ1) is 6.70. The smallest absolute Gasteiger partial charge is 0.158 e. The first-order valence-electron chi connectivity index (χ1n) is 4.15. The number of halogens is 1. The summed E-state index contributed by atoms with van der Waals surface area (Å²) in [7, 11) is 1.91. The van der Waals surface area contributed by atoms with Gasteiger partial charge in [-0.25, -0.2) is 15.0 Å². The number of rotatable bonds is 1. The number of hydrogen-bond acceptors (Lipinski definition) is 3. The fourth-order valence-electron chi connectivity index (χ4n) is 1.25. The van der Waals surface area contributed by atoms with Crippen molar-refractivity contribution < 1.29 is 0 Å². The van der Waals surface area contributed by atoms with Gasteiger partial charge in [0, 0.05) is 25.0 Å². The molecule has 0 aliphatic carbocycles. The maximum atomic E-state index is 5.89. The van der Waals surface area contributed by atoms with E-state index < -0.39 is 0 Å². The highest BCUT2D eigenvalue weighted by Crippen LogP contribution is 2.22. The minimum Gasteiger partial charge on any atom is -0.333 e. The van der Waals surface area contributed by atoms with Gasteiger partial charge in [0.1, 0.15) is 17.2 Å². The van der Waals surface area contributed by atoms with Crippen molar-refractivity contribution in [3.05, 3.63) is 29.4 Å². The first-order valence-corrected chi connectivity index (χ1v) is 4.52. The van der Waals surface area contributed by atoms with E-state index in [1.165, 1.54) is 6.33 Å². The van der Waals surface area contributed by atoms with Crippen molar-refractivity contribution in [3.8, 4) is 11.5 Å². The predicted octanol–water partition coefficient (Wildman–Crippen LogP) is 1.84. The van der Waals surface area contributed by atoms with Crippen LogP contribution in [0.15, 0.2) is 18.7 Å². The van der Waals surface area contributed by atoms with Crippen molar-refractivity contribution in [1.82, 2.24) is 19.5 Å². The van der Waals surface area contributed by atoms with Gasteiger partial charge in [-0.3, -0.25) is 0 Å². The number of aromatic nitrogens is 4. The zero-order valence-electron chi connectivity index (χ0n) is 7.90. The zero-order valence-corrected chi connectivity index (χ0v) is 8.65. The minimum absolute atomic E-state index is 0.470. The number of aryl methyl sites for hydroxylation is 1. The van der Waals surface area contributed by atoms with Gasteiger partial charge in [0.15, 0.2) is 5.82 Å². The second-order valence-electron chi connectivity index (χ2n) is 3.00. The SMILES string of the molecule is Cc1c(Cl)ncnc1-c1nccn1C. The van der Waals surface area contributed by atoms with E-state index in [1.807, 2.05) is 24.7 Å². The van der Waals surface area contributed by atoms with E-state index in [4.69, 9.17) is 11.6 Å². The summed E-state index contributed by atoms with van der Waals surface area (Å²) in [6, 6.07) is 0. The molecule has 0 fully saturated rings. The number of nitrogens with zero attached hydrogens (tertiary/aromatic N) is 4. The van der Waals surface area contributed by atoms with Gasteiger partial charge in [-0.15, -0.1) is 0 Å². The molecule has 0 saturated heterocycles. The summed E-state index contributed by atoms with van der Waals surface area (Å²) < 4.78 is 1.89. The summed E-state index contributed by atoms with van der Waals surface area (Å²) >= 11 is 5.89. The normalized spacial score (nSPS) is 10.5. The van der Waals surface area contributed by atoms with Crippen LogP contribution >= 0.6 is 11.6 Å². The molecule has 0 radical (unpaired) electrons. The summed E-state index contributed by atoms with van der Waals surface area (Å²) in [5.74, 6) is 0.798. The molecule has 0 spiro atoms. The average molecular weight is 209 g/mol. The molecule has 0 aliphatic rings. The molecule has 2 aromatic rings. The lowest BCUT2D eigenvalue weighted by Gasteiger charge is -2.04. The van der Waals surface area contributed by atoms with Crippen LogP contribution in [0.4, 0.5) is 0 Å². The predicted molar refractivity (Wildman–Crippen MR) is 54.0 cm³/mol. The molecular formula is C9H9ClN4. The van der Waals surface area contributed by atoms with E-state index in [9.17, 15) is 0 Å². The first kappa shape index (κ1) is 9.15. The molecule has 0 bridgehead atoms. The summed E-state index contributed by atoms with van der Waals surface area (Å²) in [5.41, 5.74) is 1.63. The van der Waals surface area contributed by atoms with E-state index in [-0.39, 0.29) is 0 Å². The summed E-state index contributed by atoms with van der Waals surface area (Å²) in [5, 5.41) is 0.470. The van der Waals surface area contributed by atoms with Crippen LogP contribution < -0.4 is 0 Å². The molecule has 0 atom stereocenters. The number of imidazole rings is 1. The Morgan fingerprint density at radius 1 is 1.29 bits per heavy atom. The molecule has 0 aromatic carbocycles. The molecule has 2 rings (SSSR count). The summed E-state index contributed by atoms with van der Waals surface area (Å²) in [6.07, 6.45) is 5.04. The monoisotopic (exact) mass is 208 g/mol. The zero-order chi connectivity index (χ0) is 10.1. The lowest BCUT2D eigenvalue weighted by molar-refractivity contribution is 0.912. The molecule has 4 nitrogen and oxygen atoms in total. The highest BCUT2D eigenvalue weighted by atomic mass is 35.5. The maximum Gasteiger partial charge on any atom is 0.158 e. The van der Waals surface area contributed by atoms with Crippen LogP contribution in [0.25, 0.3) is 11.5 Å². The molecular weight excluding hydrogens is 200 g/mol. The van der Waals surface area contributed by atoms with Crippen LogP contribution in [0.5, 0.6) is 0 Å². The van der Waals surface area contributed by atoms with Gasteiger partial charge < -0.3 is 4.57 Å². The Morgan fingerprint density at radius 3 is 2.71 bits per heavy atom. The molecule has 0 N–H and O–H groups in total. The lowest BCUT2D eigenvalue weighted by Crippen LogP contribution is -1.98. The third-order valence-electron chi connectivity index (χ3n) is 2.06. The minimum atomic E-state index is 0.470. The highest BCUT2D eigenvalue weighted by molar-refractivity contribution is 6.30. The third kappa shape index (κ3) is 1.37. The molecule has 2 aromatic heterocycles. The van der Waals surface area contributed by atoms with E-state index in [0.717, 1.165) is 17.1 Å². The van der Waals surface area contributed by atoms with Gasteiger partial charge in [-0.2, -0.15) is 0 Å². The summed E-state index contributed by atoms with van der Waals surface area (Å²) in [4.78, 5) is 12.3. The van der Waals surface area contributed by atoms with Gasteiger partial charge in [-0.1, -0.05) is 11.6 Å². The van der Waals surface area contributed by atoms with Crippen molar-refractivity contribution in [3.63, 3.8) is 0 Å². The largest absolute Gasteiger partial charge is 0.333 e. The van der Waals surface area contributed by atoms with Crippen molar-refractivity contribution in [1.29, 1.82) is 0 Å². The van der Waals surface area contributed by atoms with Crippen LogP contribution in [0.1, 0.15) is 5.56 Å². The van der Waals surface area contributed by atoms with Crippen LogP contribution in [-0.4, -0.2) is 19.5 Å². The topological polar surface area (TPSA) is 43.6 Å². The van der Waals surface area contributed by atoms with Crippen LogP contribution in [0.2, 0.25) is 5.15 Å². The molecule has 0 amide bonds. The van der Waals surface area contributed by atoms with Crippen molar-refractivity contribution in [2.75, 3.05) is 0 Å². The molecule has 0 unspecified atom stereocenters. The molecule has 0 saturated carbocycles. The Bertz CT molecular complexity index is 464. The Balaban J connectivity index is 2.63. The van der Waals surface area contributed by atoms with Crippen molar-refractivity contribution in [2.45, 2.75) is 6.92 Å². The van der Waals surface area contributed by atoms with Crippen LogP contribution in [-0.2, 0) is 7.05 Å². The van der Waals surface area contributed by atoms with E-state index >= 15 is 0 Å². The fraction of sp³-hybridized carbons (Fsp3) is 0.222. The molecule has 2 heterocycles. The number of hydrogen-bond donors (Lipinski definition) is 0. The van der Waals surface area contributed by atoms with Gasteiger partial charge in [0.2, 0.25) is 0 Å². The van der Waals surface area contributed by atoms with Crippen LogP contribution in [0.3, 0.4) is 0 Å². The van der Waals surface area contributed by atoms with Gasteiger partial charge in [0.25, 0.3) is 0 Å². The van der Waals surface area contributed by atoms with Crippen LogP contribution in [0, 0.1) is 6.92 Å². The highest BCUT2D eigenvalue weighted by Gasteiger charge is 2.10. The third-order valence-corrected chi connectivity index (χ3v) is 2.44. The lowest BCUT2D eigenvalue weighted by atomic mass is 10.2. The van der Waals surface area contributed by atoms with Crippen molar-refractivity contribution in [2.24, 2.45) is 7.05 Å². The van der Waals surface area contributed by atoms with E-state index in [1.54, 1.807) is 6.20 Å². The van der Waals surface area contributed by atoms with Gasteiger partial charge in [-0.05, 0) is 6.92 Å². The van der Waals surface area contributed by atoms with Crippen molar-refractivity contribution >= 4 is 11.6 Å². The molecule has 5 heteroatoms. The second-order valence-corrected chi connectivity index (χ2v) is 3.36. The second kappa shape index (κ2) is 3.38. The molecule has 14 heavy (non-hydrogen) atoms. The quantitative estimate of drug-likeness (QED) is 0.672. The molecule has 72 valence electrons. The Hall–Kier alpha value is -1.42. The van der Waals surface area contributed by atoms with E-state index in [0.29, 0.717) is 5.15 Å². The Morgan fingerprint density at radius 2 is 2.07 bits per heavy atom. The summed E-state index contributed by atoms with van der Waals surface area (Å²) in [6.45, 7) is 1.88. The average Bonchev–Trinajstić information content (AvgIpc) is 2.57.